The Morgan fingerprint density at radius 2 is 1.78 bits per heavy atom. The van der Waals surface area contributed by atoms with E-state index in [0.717, 1.165) is 0 Å². The van der Waals surface area contributed by atoms with E-state index in [1.54, 1.807) is 42.5 Å². The number of aliphatic hydroxyl groups is 1. The first kappa shape index (κ1) is 26.2. The average Bonchev–Trinajstić information content (AvgIpc) is 3.23. The second kappa shape index (κ2) is 10.2. The number of fused-ring (bicyclic) bond motifs is 1. The highest BCUT2D eigenvalue weighted by Gasteiger charge is 2.43. The molecule has 1 unspecified atom stereocenters. The number of hydrogen-bond acceptors (Lipinski definition) is 6. The molecule has 3 aromatic rings. The first-order valence-corrected chi connectivity index (χ1v) is 11.9. The number of anilines is 1. The lowest BCUT2D eigenvalue weighted by molar-refractivity contribution is -0.136. The van der Waals surface area contributed by atoms with Crippen LogP contribution in [0.4, 0.5) is 10.1 Å². The van der Waals surface area contributed by atoms with Gasteiger partial charge in [-0.3, -0.25) is 4.79 Å². The fraction of sp³-hybridized carbons (Fsp3) is 0.310. The van der Waals surface area contributed by atoms with Crippen molar-refractivity contribution >= 4 is 17.6 Å². The van der Waals surface area contributed by atoms with Crippen molar-refractivity contribution in [3.05, 3.63) is 88.7 Å². The molecule has 3 aromatic carbocycles. The highest BCUT2D eigenvalue weighted by atomic mass is 19.1. The summed E-state index contributed by atoms with van der Waals surface area (Å²) >= 11 is 0. The Balaban J connectivity index is 1.71. The molecular weight excluding hydrogens is 477 g/mol. The molecule has 2 N–H and O–H groups in total. The Bertz CT molecular complexity index is 1340. The van der Waals surface area contributed by atoms with Crippen LogP contribution in [0.3, 0.4) is 0 Å². The number of benzene rings is 3. The van der Waals surface area contributed by atoms with Gasteiger partial charge >= 0.3 is 5.97 Å². The van der Waals surface area contributed by atoms with Gasteiger partial charge in [0.25, 0.3) is 5.91 Å². The molecule has 0 saturated carbocycles. The summed E-state index contributed by atoms with van der Waals surface area (Å²) in [6.07, 6.45) is -0.118. The number of amides is 1. The number of cyclic esters (lactones) is 1. The maximum atomic E-state index is 14.2. The molecule has 1 amide bonds. The van der Waals surface area contributed by atoms with Gasteiger partial charge < -0.3 is 24.6 Å². The van der Waals surface area contributed by atoms with Crippen LogP contribution in [0.1, 0.15) is 47.3 Å². The zero-order valence-corrected chi connectivity index (χ0v) is 21.3. The molecule has 8 heteroatoms. The number of hydrogen-bond donors (Lipinski definition) is 2. The van der Waals surface area contributed by atoms with Gasteiger partial charge in [0.1, 0.15) is 29.5 Å². The topological polar surface area (TPSA) is 94.1 Å². The minimum absolute atomic E-state index is 0.0591. The Kier molecular flexibility index (Phi) is 7.23. The number of halogens is 1. The van der Waals surface area contributed by atoms with Crippen molar-refractivity contribution < 1.29 is 33.3 Å². The highest BCUT2D eigenvalue weighted by molar-refractivity contribution is 5.99. The van der Waals surface area contributed by atoms with Gasteiger partial charge in [-0.2, -0.15) is 0 Å². The lowest BCUT2D eigenvalue weighted by atomic mass is 9.72. The van der Waals surface area contributed by atoms with E-state index in [0.29, 0.717) is 39.4 Å². The van der Waals surface area contributed by atoms with Crippen molar-refractivity contribution in [1.29, 1.82) is 0 Å². The van der Waals surface area contributed by atoms with E-state index in [-0.39, 0.29) is 19.4 Å². The van der Waals surface area contributed by atoms with Crippen molar-refractivity contribution in [3.63, 3.8) is 0 Å². The standard InChI is InChI=1S/C29H30FNO6/c1-28(2,23-14-20(30)9-12-25(23)36-4)17-29(34,15-18-7-5-6-8-24(18)35-3)27(33)31-21-10-11-22-19(13-21)16-37-26(22)32/h5-14,34H,15-17H2,1-4H3,(H,31,33). The Morgan fingerprint density at radius 1 is 1.05 bits per heavy atom. The molecule has 1 heterocycles. The third kappa shape index (κ3) is 5.44. The molecule has 0 radical (unpaired) electrons. The third-order valence-electron chi connectivity index (χ3n) is 6.66. The molecule has 0 saturated heterocycles. The van der Waals surface area contributed by atoms with Gasteiger partial charge in [0.15, 0.2) is 0 Å². The Labute approximate surface area is 215 Å². The lowest BCUT2D eigenvalue weighted by Crippen LogP contribution is -2.49. The first-order chi connectivity index (χ1) is 17.6. The van der Waals surface area contributed by atoms with Crippen molar-refractivity contribution in [1.82, 2.24) is 0 Å². The summed E-state index contributed by atoms with van der Waals surface area (Å²) in [7, 11) is 3.01. The van der Waals surface area contributed by atoms with E-state index in [1.807, 2.05) is 13.8 Å². The SMILES string of the molecule is COc1ccccc1CC(O)(CC(C)(C)c1cc(F)ccc1OC)C(=O)Nc1ccc2c(c1)COC2=O. The van der Waals surface area contributed by atoms with Crippen LogP contribution in [-0.4, -0.2) is 36.8 Å². The van der Waals surface area contributed by atoms with Crippen molar-refractivity contribution in [2.75, 3.05) is 19.5 Å². The molecule has 0 fully saturated rings. The van der Waals surface area contributed by atoms with E-state index < -0.39 is 28.7 Å². The van der Waals surface area contributed by atoms with Crippen molar-refractivity contribution in [2.24, 2.45) is 0 Å². The number of esters is 1. The minimum Gasteiger partial charge on any atom is -0.496 e. The fourth-order valence-electron chi connectivity index (χ4n) is 4.88. The molecule has 1 atom stereocenters. The molecule has 194 valence electrons. The van der Waals surface area contributed by atoms with Crippen LogP contribution < -0.4 is 14.8 Å². The van der Waals surface area contributed by atoms with Crippen LogP contribution in [0.15, 0.2) is 60.7 Å². The summed E-state index contributed by atoms with van der Waals surface area (Å²) in [6.45, 7) is 3.77. The number of methoxy groups -OCH3 is 2. The largest absolute Gasteiger partial charge is 0.496 e. The predicted octanol–water partition coefficient (Wildman–Crippen LogP) is 4.79. The molecule has 4 rings (SSSR count). The monoisotopic (exact) mass is 507 g/mol. The number of carbonyl (C=O) groups is 2. The summed E-state index contributed by atoms with van der Waals surface area (Å²) < 4.78 is 30.2. The first-order valence-electron chi connectivity index (χ1n) is 11.9. The Morgan fingerprint density at radius 3 is 2.51 bits per heavy atom. The molecule has 1 aliphatic rings. The molecule has 0 aromatic heterocycles. The smallest absolute Gasteiger partial charge is 0.338 e. The van der Waals surface area contributed by atoms with Gasteiger partial charge in [0.05, 0.1) is 19.8 Å². The van der Waals surface area contributed by atoms with Gasteiger partial charge in [-0.25, -0.2) is 9.18 Å². The summed E-state index contributed by atoms with van der Waals surface area (Å²) in [5, 5.41) is 14.8. The van der Waals surface area contributed by atoms with E-state index in [9.17, 15) is 19.1 Å². The van der Waals surface area contributed by atoms with Gasteiger partial charge in [-0.05, 0) is 59.9 Å². The highest BCUT2D eigenvalue weighted by Crippen LogP contribution is 2.40. The summed E-state index contributed by atoms with van der Waals surface area (Å²) in [6, 6.07) is 16.2. The van der Waals surface area contributed by atoms with Gasteiger partial charge in [0, 0.05) is 23.2 Å². The number of nitrogens with one attached hydrogen (secondary N) is 1. The number of ether oxygens (including phenoxy) is 3. The molecular formula is C29H30FNO6. The number of rotatable bonds is 9. The van der Waals surface area contributed by atoms with E-state index in [4.69, 9.17) is 14.2 Å². The van der Waals surface area contributed by atoms with Gasteiger partial charge in [-0.1, -0.05) is 32.0 Å². The van der Waals surface area contributed by atoms with Crippen LogP contribution in [-0.2, 0) is 28.0 Å². The molecule has 0 spiro atoms. The van der Waals surface area contributed by atoms with Crippen LogP contribution in [0.25, 0.3) is 0 Å². The minimum atomic E-state index is -1.93. The fourth-order valence-corrected chi connectivity index (χ4v) is 4.88. The van der Waals surface area contributed by atoms with Crippen LogP contribution in [0, 0.1) is 5.82 Å². The predicted molar refractivity (Wildman–Crippen MR) is 136 cm³/mol. The molecule has 0 bridgehead atoms. The summed E-state index contributed by atoms with van der Waals surface area (Å²) in [5.74, 6) is -0.521. The average molecular weight is 508 g/mol. The summed E-state index contributed by atoms with van der Waals surface area (Å²) in [5.41, 5.74) is -0.128. The van der Waals surface area contributed by atoms with E-state index in [2.05, 4.69) is 5.32 Å². The second-order valence-corrected chi connectivity index (χ2v) is 9.83. The number of para-hydroxylation sites is 1. The van der Waals surface area contributed by atoms with Crippen LogP contribution in [0.5, 0.6) is 11.5 Å². The zero-order valence-electron chi connectivity index (χ0n) is 21.3. The maximum absolute atomic E-state index is 14.2. The number of carbonyl (C=O) groups excluding carboxylic acids is 2. The van der Waals surface area contributed by atoms with Crippen LogP contribution >= 0.6 is 0 Å². The molecule has 0 aliphatic carbocycles. The second-order valence-electron chi connectivity index (χ2n) is 9.83. The van der Waals surface area contributed by atoms with Gasteiger partial charge in [-0.15, -0.1) is 0 Å². The van der Waals surface area contributed by atoms with E-state index >= 15 is 0 Å². The lowest BCUT2D eigenvalue weighted by Gasteiger charge is -2.36. The quantitative estimate of drug-likeness (QED) is 0.405. The van der Waals surface area contributed by atoms with Gasteiger partial charge in [0.2, 0.25) is 0 Å². The molecule has 1 aliphatic heterocycles. The van der Waals surface area contributed by atoms with Crippen LogP contribution in [0.2, 0.25) is 0 Å². The zero-order chi connectivity index (χ0) is 26.8. The third-order valence-corrected chi connectivity index (χ3v) is 6.66. The molecule has 7 nitrogen and oxygen atoms in total. The normalized spacial score (nSPS) is 14.4. The van der Waals surface area contributed by atoms with E-state index in [1.165, 1.54) is 32.4 Å². The summed E-state index contributed by atoms with van der Waals surface area (Å²) in [4.78, 5) is 25.5. The van der Waals surface area contributed by atoms with Crippen molar-refractivity contribution in [2.45, 2.75) is 44.3 Å². The van der Waals surface area contributed by atoms with Crippen molar-refractivity contribution in [3.8, 4) is 11.5 Å². The maximum Gasteiger partial charge on any atom is 0.338 e. The Hall–Kier alpha value is -3.91. The molecule has 37 heavy (non-hydrogen) atoms.